The highest BCUT2D eigenvalue weighted by Crippen LogP contribution is 2.27. The van der Waals surface area contributed by atoms with Crippen molar-refractivity contribution in [3.8, 4) is 5.75 Å². The predicted molar refractivity (Wildman–Crippen MR) is 66.4 cm³/mol. The number of benzene rings is 1. The average Bonchev–Trinajstić information content (AvgIpc) is 2.40. The molecule has 2 aromatic rings. The molecule has 0 aliphatic rings. The third-order valence-electron chi connectivity index (χ3n) is 2.54. The van der Waals surface area contributed by atoms with Crippen molar-refractivity contribution in [3.05, 3.63) is 63.7 Å². The van der Waals surface area contributed by atoms with Crippen LogP contribution in [0.2, 0.25) is 0 Å². The highest BCUT2D eigenvalue weighted by molar-refractivity contribution is 5.44. The van der Waals surface area contributed by atoms with E-state index in [9.17, 15) is 14.5 Å². The molecular weight excluding hydrogens is 251 g/mol. The zero-order valence-electron chi connectivity index (χ0n) is 10.2. The number of hydrogen-bond donors (Lipinski definition) is 0. The van der Waals surface area contributed by atoms with E-state index in [4.69, 9.17) is 4.74 Å². The van der Waals surface area contributed by atoms with Gasteiger partial charge < -0.3 is 4.74 Å². The maximum Gasteiger partial charge on any atom is 0.305 e. The van der Waals surface area contributed by atoms with Crippen molar-refractivity contribution in [1.82, 2.24) is 4.98 Å². The molecular formula is C13H11FN2O3. The van der Waals surface area contributed by atoms with Gasteiger partial charge in [-0.3, -0.25) is 15.1 Å². The normalized spacial score (nSPS) is 10.2. The van der Waals surface area contributed by atoms with Crippen LogP contribution in [0.5, 0.6) is 5.75 Å². The van der Waals surface area contributed by atoms with E-state index in [2.05, 4.69) is 4.98 Å². The Hall–Kier alpha value is -2.50. The Morgan fingerprint density at radius 3 is 2.84 bits per heavy atom. The topological polar surface area (TPSA) is 65.3 Å². The third kappa shape index (κ3) is 3.04. The molecule has 1 heterocycles. The van der Waals surface area contributed by atoms with Crippen molar-refractivity contribution in [2.45, 2.75) is 13.5 Å². The summed E-state index contributed by atoms with van der Waals surface area (Å²) in [6, 6.07) is 7.55. The zero-order chi connectivity index (χ0) is 13.8. The third-order valence-corrected chi connectivity index (χ3v) is 2.54. The second-order valence-corrected chi connectivity index (χ2v) is 3.94. The summed E-state index contributed by atoms with van der Waals surface area (Å²) in [6.07, 6.45) is 1.63. The van der Waals surface area contributed by atoms with Crippen LogP contribution in [0.1, 0.15) is 11.3 Å². The minimum Gasteiger partial charge on any atom is -0.487 e. The van der Waals surface area contributed by atoms with Crippen molar-refractivity contribution in [2.75, 3.05) is 0 Å². The van der Waals surface area contributed by atoms with Gasteiger partial charge in [-0.25, -0.2) is 0 Å². The van der Waals surface area contributed by atoms with E-state index in [1.807, 2.05) is 6.07 Å². The first-order valence-corrected chi connectivity index (χ1v) is 5.55. The summed E-state index contributed by atoms with van der Waals surface area (Å²) in [5.41, 5.74) is 0.646. The van der Waals surface area contributed by atoms with Crippen LogP contribution >= 0.6 is 0 Å². The van der Waals surface area contributed by atoms with Crippen molar-refractivity contribution in [2.24, 2.45) is 0 Å². The SMILES string of the molecule is Cc1cc([N+](=O)[O-])c(F)cc1OCc1ccccn1. The first-order chi connectivity index (χ1) is 9.08. The number of ether oxygens (including phenoxy) is 1. The molecule has 0 amide bonds. The minimum atomic E-state index is -0.911. The van der Waals surface area contributed by atoms with Crippen molar-refractivity contribution in [3.63, 3.8) is 0 Å². The van der Waals surface area contributed by atoms with E-state index < -0.39 is 16.4 Å². The quantitative estimate of drug-likeness (QED) is 0.627. The van der Waals surface area contributed by atoms with Crippen LogP contribution in [0.3, 0.4) is 0 Å². The van der Waals surface area contributed by atoms with Gasteiger partial charge in [-0.1, -0.05) is 6.07 Å². The van der Waals surface area contributed by atoms with Gasteiger partial charge in [0.2, 0.25) is 5.82 Å². The molecule has 6 heteroatoms. The molecule has 0 saturated carbocycles. The van der Waals surface area contributed by atoms with Crippen LogP contribution < -0.4 is 4.74 Å². The molecule has 0 spiro atoms. The molecule has 2 rings (SSSR count). The first-order valence-electron chi connectivity index (χ1n) is 5.55. The van der Waals surface area contributed by atoms with Gasteiger partial charge in [0, 0.05) is 18.3 Å². The monoisotopic (exact) mass is 262 g/mol. The molecule has 1 aromatic heterocycles. The minimum absolute atomic E-state index is 0.179. The molecule has 0 N–H and O–H groups in total. The number of nitrogens with zero attached hydrogens (tertiary/aromatic N) is 2. The van der Waals surface area contributed by atoms with Gasteiger partial charge in [-0.2, -0.15) is 4.39 Å². The predicted octanol–water partition coefficient (Wildman–Crippen LogP) is 3.02. The second-order valence-electron chi connectivity index (χ2n) is 3.94. The molecule has 0 aliphatic heterocycles. The number of aryl methyl sites for hydroxylation is 1. The van der Waals surface area contributed by atoms with E-state index >= 15 is 0 Å². The molecule has 0 atom stereocenters. The number of nitro groups is 1. The lowest BCUT2D eigenvalue weighted by Gasteiger charge is -2.08. The molecule has 0 radical (unpaired) electrons. The summed E-state index contributed by atoms with van der Waals surface area (Å²) < 4.78 is 18.9. The Morgan fingerprint density at radius 1 is 1.42 bits per heavy atom. The van der Waals surface area contributed by atoms with Crippen molar-refractivity contribution < 1.29 is 14.1 Å². The van der Waals surface area contributed by atoms with Crippen LogP contribution in [-0.2, 0) is 6.61 Å². The smallest absolute Gasteiger partial charge is 0.305 e. The highest BCUT2D eigenvalue weighted by Gasteiger charge is 2.17. The summed E-state index contributed by atoms with van der Waals surface area (Å²) in [5, 5.41) is 10.6. The van der Waals surface area contributed by atoms with Gasteiger partial charge in [-0.05, 0) is 24.6 Å². The molecule has 19 heavy (non-hydrogen) atoms. The number of nitro benzene ring substituents is 1. The Morgan fingerprint density at radius 2 is 2.21 bits per heavy atom. The Balaban J connectivity index is 2.17. The number of halogens is 1. The Labute approximate surface area is 108 Å². The average molecular weight is 262 g/mol. The molecule has 0 saturated heterocycles. The van der Waals surface area contributed by atoms with Gasteiger partial charge in [-0.15, -0.1) is 0 Å². The summed E-state index contributed by atoms with van der Waals surface area (Å²) in [4.78, 5) is 13.9. The van der Waals surface area contributed by atoms with Gasteiger partial charge in [0.1, 0.15) is 12.4 Å². The first kappa shape index (κ1) is 12.9. The van der Waals surface area contributed by atoms with Crippen LogP contribution in [0.15, 0.2) is 36.5 Å². The fourth-order valence-electron chi connectivity index (χ4n) is 1.58. The van der Waals surface area contributed by atoms with Gasteiger partial charge >= 0.3 is 5.69 Å². The fourth-order valence-corrected chi connectivity index (χ4v) is 1.58. The zero-order valence-corrected chi connectivity index (χ0v) is 10.2. The lowest BCUT2D eigenvalue weighted by Crippen LogP contribution is -2.01. The fraction of sp³-hybridized carbons (Fsp3) is 0.154. The summed E-state index contributed by atoms with van der Waals surface area (Å²) >= 11 is 0. The van der Waals surface area contributed by atoms with E-state index in [0.29, 0.717) is 11.3 Å². The van der Waals surface area contributed by atoms with Gasteiger partial charge in [0.15, 0.2) is 0 Å². The van der Waals surface area contributed by atoms with E-state index in [-0.39, 0.29) is 12.4 Å². The van der Waals surface area contributed by atoms with Crippen molar-refractivity contribution >= 4 is 5.69 Å². The largest absolute Gasteiger partial charge is 0.487 e. The Kier molecular flexibility index (Phi) is 3.70. The summed E-state index contributed by atoms with van der Waals surface area (Å²) in [6.45, 7) is 1.80. The molecule has 0 aliphatic carbocycles. The van der Waals surface area contributed by atoms with Crippen molar-refractivity contribution in [1.29, 1.82) is 0 Å². The van der Waals surface area contributed by atoms with Crippen LogP contribution in [-0.4, -0.2) is 9.91 Å². The number of hydrogen-bond acceptors (Lipinski definition) is 4. The number of rotatable bonds is 4. The maximum atomic E-state index is 13.5. The molecule has 98 valence electrons. The molecule has 0 fully saturated rings. The van der Waals surface area contributed by atoms with E-state index in [1.165, 1.54) is 0 Å². The van der Waals surface area contributed by atoms with Gasteiger partial charge in [0.05, 0.1) is 10.6 Å². The summed E-state index contributed by atoms with van der Waals surface area (Å²) in [5.74, 6) is -0.639. The second kappa shape index (κ2) is 5.43. The standard InChI is InChI=1S/C13H11FN2O3/c1-9-6-12(16(17)18)11(14)7-13(9)19-8-10-4-2-3-5-15-10/h2-7H,8H2,1H3. The molecule has 0 unspecified atom stereocenters. The Bertz CT molecular complexity index is 602. The summed E-state index contributed by atoms with van der Waals surface area (Å²) in [7, 11) is 0. The maximum absolute atomic E-state index is 13.5. The van der Waals surface area contributed by atoms with Crippen LogP contribution in [0.25, 0.3) is 0 Å². The van der Waals surface area contributed by atoms with Gasteiger partial charge in [0.25, 0.3) is 0 Å². The van der Waals surface area contributed by atoms with Crippen LogP contribution in [0, 0.1) is 22.9 Å². The number of aromatic nitrogens is 1. The van der Waals surface area contributed by atoms with E-state index in [0.717, 1.165) is 12.1 Å². The molecule has 5 nitrogen and oxygen atoms in total. The molecule has 1 aromatic carbocycles. The van der Waals surface area contributed by atoms with E-state index in [1.54, 1.807) is 25.3 Å². The lowest BCUT2D eigenvalue weighted by molar-refractivity contribution is -0.387. The highest BCUT2D eigenvalue weighted by atomic mass is 19.1. The molecule has 0 bridgehead atoms. The lowest BCUT2D eigenvalue weighted by atomic mass is 10.2. The van der Waals surface area contributed by atoms with Crippen LogP contribution in [0.4, 0.5) is 10.1 Å². The number of pyridine rings is 1.